The Hall–Kier alpha value is -1.65. The fourth-order valence-electron chi connectivity index (χ4n) is 2.07. The minimum absolute atomic E-state index is 0.0900. The normalized spacial score (nSPS) is 16.4. The highest BCUT2D eigenvalue weighted by molar-refractivity contribution is 5.96. The summed E-state index contributed by atoms with van der Waals surface area (Å²) in [6.45, 7) is 2.91. The zero-order chi connectivity index (χ0) is 12.4. The molecule has 92 valence electrons. The molecule has 0 aromatic carbocycles. The van der Waals surface area contributed by atoms with E-state index >= 15 is 0 Å². The van der Waals surface area contributed by atoms with Crippen molar-refractivity contribution in [2.45, 2.75) is 26.2 Å². The molecule has 1 aromatic heterocycles. The maximum Gasteiger partial charge on any atom is 0.272 e. The molecule has 1 aliphatic heterocycles. The second-order valence-corrected chi connectivity index (χ2v) is 4.37. The van der Waals surface area contributed by atoms with Crippen molar-refractivity contribution in [3.8, 4) is 0 Å². The van der Waals surface area contributed by atoms with Gasteiger partial charge in [0.2, 0.25) is 0 Å². The third-order valence-electron chi connectivity index (χ3n) is 3.05. The lowest BCUT2D eigenvalue weighted by Crippen LogP contribution is -2.40. The van der Waals surface area contributed by atoms with E-state index < -0.39 is 0 Å². The Kier molecular flexibility index (Phi) is 3.26. The van der Waals surface area contributed by atoms with Crippen LogP contribution < -0.4 is 0 Å². The van der Waals surface area contributed by atoms with Gasteiger partial charge < -0.3 is 4.90 Å². The Labute approximate surface area is 100 Å². The number of ketones is 1. The summed E-state index contributed by atoms with van der Waals surface area (Å²) >= 11 is 0. The molecule has 1 aliphatic rings. The molecule has 17 heavy (non-hydrogen) atoms. The summed E-state index contributed by atoms with van der Waals surface area (Å²) in [5.41, 5.74) is 1.47. The first kappa shape index (κ1) is 11.8. The van der Waals surface area contributed by atoms with E-state index in [0.29, 0.717) is 18.7 Å². The molecular formula is C12H17N3O2. The average Bonchev–Trinajstić information content (AvgIpc) is 2.69. The average molecular weight is 235 g/mol. The molecule has 0 radical (unpaired) electrons. The molecule has 1 saturated heterocycles. The highest BCUT2D eigenvalue weighted by atomic mass is 16.2. The molecule has 1 aromatic rings. The van der Waals surface area contributed by atoms with Gasteiger partial charge in [-0.05, 0) is 18.9 Å². The molecule has 5 nitrogen and oxygen atoms in total. The molecule has 0 spiro atoms. The van der Waals surface area contributed by atoms with Gasteiger partial charge in [0.15, 0.2) is 5.78 Å². The largest absolute Gasteiger partial charge is 0.330 e. The predicted octanol–water partition coefficient (Wildman–Crippen LogP) is 0.788. The van der Waals surface area contributed by atoms with E-state index in [0.717, 1.165) is 18.5 Å². The number of piperidine rings is 1. The molecule has 0 atom stereocenters. The summed E-state index contributed by atoms with van der Waals surface area (Å²) in [6, 6.07) is 1.81. The molecule has 0 bridgehead atoms. The fourth-order valence-corrected chi connectivity index (χ4v) is 2.07. The van der Waals surface area contributed by atoms with Gasteiger partial charge in [-0.25, -0.2) is 0 Å². The number of carbonyl (C=O) groups excluding carboxylic acids is 2. The predicted molar refractivity (Wildman–Crippen MR) is 62.7 cm³/mol. The number of likely N-dealkylation sites (tertiary alicyclic amines) is 1. The molecule has 5 heteroatoms. The smallest absolute Gasteiger partial charge is 0.272 e. The Morgan fingerprint density at radius 2 is 2.29 bits per heavy atom. The van der Waals surface area contributed by atoms with Gasteiger partial charge in [0, 0.05) is 20.0 Å². The van der Waals surface area contributed by atoms with E-state index in [-0.39, 0.29) is 18.2 Å². The maximum atomic E-state index is 12.2. The van der Waals surface area contributed by atoms with Crippen molar-refractivity contribution >= 4 is 11.7 Å². The first-order valence-corrected chi connectivity index (χ1v) is 5.95. The Bertz CT molecular complexity index is 451. The number of hydrogen-bond donors (Lipinski definition) is 0. The molecule has 0 N–H and O–H groups in total. The minimum atomic E-state index is -0.0900. The standard InChI is InChI=1S/C12H17N3O2/c1-3-9-7-11(14(2)13-9)12(17)15-6-4-5-10(16)8-15/h7H,3-6,8H2,1-2H3. The molecule has 2 heterocycles. The first-order chi connectivity index (χ1) is 8.11. The van der Waals surface area contributed by atoms with Crippen LogP contribution in [-0.4, -0.2) is 39.5 Å². The Morgan fingerprint density at radius 1 is 1.53 bits per heavy atom. The van der Waals surface area contributed by atoms with Gasteiger partial charge in [0.05, 0.1) is 12.2 Å². The first-order valence-electron chi connectivity index (χ1n) is 5.95. The summed E-state index contributed by atoms with van der Waals surface area (Å²) in [4.78, 5) is 25.2. The number of amides is 1. The number of aryl methyl sites for hydroxylation is 2. The van der Waals surface area contributed by atoms with Gasteiger partial charge in [-0.3, -0.25) is 14.3 Å². The highest BCUT2D eigenvalue weighted by Crippen LogP contribution is 2.12. The number of nitrogens with zero attached hydrogens (tertiary/aromatic N) is 3. The van der Waals surface area contributed by atoms with Gasteiger partial charge in [0.25, 0.3) is 5.91 Å². The van der Waals surface area contributed by atoms with Crippen molar-refractivity contribution in [2.75, 3.05) is 13.1 Å². The van der Waals surface area contributed by atoms with Crippen LogP contribution in [0.1, 0.15) is 35.9 Å². The van der Waals surface area contributed by atoms with Crippen molar-refractivity contribution in [2.24, 2.45) is 7.05 Å². The number of Topliss-reactive ketones (excluding diaryl/α,β-unsaturated/α-hetero) is 1. The Balaban J connectivity index is 2.18. The second kappa shape index (κ2) is 4.69. The van der Waals surface area contributed by atoms with Crippen molar-refractivity contribution in [3.05, 3.63) is 17.5 Å². The lowest BCUT2D eigenvalue weighted by Gasteiger charge is -2.25. The van der Waals surface area contributed by atoms with Crippen molar-refractivity contribution in [1.82, 2.24) is 14.7 Å². The van der Waals surface area contributed by atoms with Gasteiger partial charge in [-0.2, -0.15) is 5.10 Å². The lowest BCUT2D eigenvalue weighted by molar-refractivity contribution is -0.121. The number of rotatable bonds is 2. The van der Waals surface area contributed by atoms with Gasteiger partial charge in [-0.15, -0.1) is 0 Å². The quantitative estimate of drug-likeness (QED) is 0.761. The van der Waals surface area contributed by atoms with Crippen molar-refractivity contribution in [1.29, 1.82) is 0 Å². The highest BCUT2D eigenvalue weighted by Gasteiger charge is 2.24. The minimum Gasteiger partial charge on any atom is -0.330 e. The van der Waals surface area contributed by atoms with Gasteiger partial charge in [0.1, 0.15) is 5.69 Å². The molecule has 1 fully saturated rings. The molecule has 2 rings (SSSR count). The van der Waals surface area contributed by atoms with Gasteiger partial charge in [-0.1, -0.05) is 6.92 Å². The van der Waals surface area contributed by atoms with Crippen LogP contribution in [0.5, 0.6) is 0 Å². The molecule has 0 saturated carbocycles. The van der Waals surface area contributed by atoms with E-state index in [9.17, 15) is 9.59 Å². The third-order valence-corrected chi connectivity index (χ3v) is 3.05. The fraction of sp³-hybridized carbons (Fsp3) is 0.583. The second-order valence-electron chi connectivity index (χ2n) is 4.37. The molecule has 0 aliphatic carbocycles. The topological polar surface area (TPSA) is 55.2 Å². The Morgan fingerprint density at radius 3 is 2.88 bits per heavy atom. The van der Waals surface area contributed by atoms with E-state index in [2.05, 4.69) is 5.10 Å². The van der Waals surface area contributed by atoms with Crippen LogP contribution >= 0.6 is 0 Å². The van der Waals surface area contributed by atoms with Crippen LogP contribution in [0, 0.1) is 0 Å². The zero-order valence-electron chi connectivity index (χ0n) is 10.3. The van der Waals surface area contributed by atoms with Crippen LogP contribution in [-0.2, 0) is 18.3 Å². The van der Waals surface area contributed by atoms with Crippen LogP contribution in [0.15, 0.2) is 6.07 Å². The summed E-state index contributed by atoms with van der Waals surface area (Å²) in [7, 11) is 1.76. The number of aromatic nitrogens is 2. The molecular weight excluding hydrogens is 218 g/mol. The zero-order valence-corrected chi connectivity index (χ0v) is 10.3. The summed E-state index contributed by atoms with van der Waals surface area (Å²) in [6.07, 6.45) is 2.17. The summed E-state index contributed by atoms with van der Waals surface area (Å²) in [5.74, 6) is 0.0511. The number of carbonyl (C=O) groups is 2. The van der Waals surface area contributed by atoms with E-state index in [1.54, 1.807) is 22.7 Å². The van der Waals surface area contributed by atoms with Crippen LogP contribution in [0.2, 0.25) is 0 Å². The van der Waals surface area contributed by atoms with Crippen LogP contribution in [0.25, 0.3) is 0 Å². The van der Waals surface area contributed by atoms with Crippen LogP contribution in [0.3, 0.4) is 0 Å². The van der Waals surface area contributed by atoms with Crippen LogP contribution in [0.4, 0.5) is 0 Å². The van der Waals surface area contributed by atoms with E-state index in [1.165, 1.54) is 0 Å². The van der Waals surface area contributed by atoms with E-state index in [1.807, 2.05) is 6.92 Å². The van der Waals surface area contributed by atoms with E-state index in [4.69, 9.17) is 0 Å². The summed E-state index contributed by atoms with van der Waals surface area (Å²) in [5, 5.41) is 4.25. The van der Waals surface area contributed by atoms with Crippen molar-refractivity contribution in [3.63, 3.8) is 0 Å². The maximum absolute atomic E-state index is 12.2. The molecule has 0 unspecified atom stereocenters. The number of hydrogen-bond acceptors (Lipinski definition) is 3. The van der Waals surface area contributed by atoms with Crippen molar-refractivity contribution < 1.29 is 9.59 Å². The third kappa shape index (κ3) is 2.38. The lowest BCUT2D eigenvalue weighted by atomic mass is 10.1. The molecule has 1 amide bonds. The van der Waals surface area contributed by atoms with Gasteiger partial charge >= 0.3 is 0 Å². The summed E-state index contributed by atoms with van der Waals surface area (Å²) < 4.78 is 1.60. The SMILES string of the molecule is CCc1cc(C(=O)N2CCCC(=O)C2)n(C)n1. The monoisotopic (exact) mass is 235 g/mol.